The van der Waals surface area contributed by atoms with Crippen molar-refractivity contribution >= 4 is 15.2 Å². The quantitative estimate of drug-likeness (QED) is 0.462. The minimum Gasteiger partial charge on any atom is -1.00 e. The molecule has 0 spiro atoms. The summed E-state index contributed by atoms with van der Waals surface area (Å²) in [6, 6.07) is 10.9. The van der Waals surface area contributed by atoms with Gasteiger partial charge in [0.2, 0.25) is 0 Å². The summed E-state index contributed by atoms with van der Waals surface area (Å²) in [5, 5.41) is 2.83. The zero-order valence-electron chi connectivity index (χ0n) is 11.0. The summed E-state index contributed by atoms with van der Waals surface area (Å²) in [6.07, 6.45) is 8.62. The average Bonchev–Trinajstić information content (AvgIpc) is 2.34. The molecule has 0 radical (unpaired) electrons. The molecule has 0 bridgehead atoms. The predicted octanol–water partition coefficient (Wildman–Crippen LogP) is 1.67. The zero-order chi connectivity index (χ0) is 11.5. The third-order valence-electron chi connectivity index (χ3n) is 2.98. The Morgan fingerprint density at radius 2 is 1.53 bits per heavy atom. The topological polar surface area (TPSA) is 0 Å². The maximum atomic E-state index is 2.28. The van der Waals surface area contributed by atoms with Crippen molar-refractivity contribution < 1.29 is 4.70 Å². The second kappa shape index (κ2) is 12.1. The van der Waals surface area contributed by atoms with E-state index in [1.165, 1.54) is 54.7 Å². The van der Waals surface area contributed by atoms with Gasteiger partial charge in [-0.05, 0) is 0 Å². The molecule has 0 unspecified atom stereocenters. The number of benzene rings is 1. The van der Waals surface area contributed by atoms with E-state index < -0.39 is 0 Å². The van der Waals surface area contributed by atoms with Gasteiger partial charge in [-0.15, -0.1) is 0 Å². The predicted molar refractivity (Wildman–Crippen MR) is 74.1 cm³/mol. The second-order valence-corrected chi connectivity index (χ2v) is 6.10. The van der Waals surface area contributed by atoms with Crippen molar-refractivity contribution in [3.63, 3.8) is 0 Å². The molecule has 2 heteroatoms. The van der Waals surface area contributed by atoms with Gasteiger partial charge < -0.3 is 4.70 Å². The van der Waals surface area contributed by atoms with E-state index in [4.69, 9.17) is 0 Å². The molecule has 0 fully saturated rings. The van der Waals surface area contributed by atoms with Crippen LogP contribution in [0.1, 0.15) is 51.0 Å². The average molecular weight is 250 g/mol. The summed E-state index contributed by atoms with van der Waals surface area (Å²) in [4.78, 5) is 0. The van der Waals surface area contributed by atoms with Gasteiger partial charge in [0.1, 0.15) is 0 Å². The number of rotatable bonds is 9. The fraction of sp³-hybridized carbons (Fsp3) is 0.600. The van der Waals surface area contributed by atoms with Gasteiger partial charge in [-0.3, -0.25) is 0 Å². The Morgan fingerprint density at radius 3 is 2.24 bits per heavy atom. The van der Waals surface area contributed by atoms with Gasteiger partial charge in [0.25, 0.3) is 0 Å². The molecule has 94 valence electrons. The van der Waals surface area contributed by atoms with E-state index in [1.807, 2.05) is 0 Å². The first-order valence-corrected chi connectivity index (χ1v) is 8.42. The first-order valence-electron chi connectivity index (χ1n) is 6.79. The molecule has 0 N–H and O–H groups in total. The second-order valence-electron chi connectivity index (χ2n) is 4.53. The molecule has 0 aromatic heterocycles. The van der Waals surface area contributed by atoms with Crippen LogP contribution >= 0.6 is 0 Å². The van der Waals surface area contributed by atoms with Gasteiger partial charge in [-0.2, -0.15) is 0 Å². The maximum absolute atomic E-state index is 2.28. The first-order chi connectivity index (χ1) is 7.93. The van der Waals surface area contributed by atoms with Crippen LogP contribution in [0.15, 0.2) is 30.3 Å². The van der Waals surface area contributed by atoms with Crippen LogP contribution in [0.2, 0.25) is 5.28 Å². The van der Waals surface area contributed by atoms with Crippen LogP contribution in [-0.2, 0) is 5.28 Å². The van der Waals surface area contributed by atoms with Crippen LogP contribution in [-0.4, -0.2) is 15.2 Å². The standard InChI is InChI=1S/C8H17.C7H7.Al.FH/c1-3-5-7-8-6-4-2;1-7-5-3-2-4-6-7;;/h1,3-8H2,2H3;2-6H,1H2;;1H/q;;+1;/p-1. The molecule has 0 atom stereocenters. The van der Waals surface area contributed by atoms with Gasteiger partial charge >= 0.3 is 107 Å². The van der Waals surface area contributed by atoms with E-state index in [2.05, 4.69) is 37.3 Å². The molecule has 0 aliphatic heterocycles. The molecular formula is C15H24AlF. The van der Waals surface area contributed by atoms with Crippen molar-refractivity contribution in [1.82, 2.24) is 0 Å². The van der Waals surface area contributed by atoms with Crippen molar-refractivity contribution in [3.05, 3.63) is 35.9 Å². The third kappa shape index (κ3) is 9.39. The van der Waals surface area contributed by atoms with Crippen LogP contribution in [0.25, 0.3) is 0 Å². The Labute approximate surface area is 112 Å². The normalized spacial score (nSPS) is 9.47. The minimum atomic E-state index is 0. The Bertz CT molecular complexity index is 248. The van der Waals surface area contributed by atoms with Crippen LogP contribution in [0.4, 0.5) is 0 Å². The van der Waals surface area contributed by atoms with Crippen LogP contribution in [0.3, 0.4) is 0 Å². The molecule has 1 aromatic carbocycles. The van der Waals surface area contributed by atoms with Crippen LogP contribution in [0.5, 0.6) is 0 Å². The van der Waals surface area contributed by atoms with E-state index >= 15 is 0 Å². The van der Waals surface area contributed by atoms with Gasteiger partial charge in [-0.1, -0.05) is 0 Å². The van der Waals surface area contributed by atoms with Gasteiger partial charge in [0.05, 0.1) is 0 Å². The Kier molecular flexibility index (Phi) is 11.9. The number of hydrogen-bond acceptors (Lipinski definition) is 0. The summed E-state index contributed by atoms with van der Waals surface area (Å²) < 4.78 is 0. The van der Waals surface area contributed by atoms with Crippen molar-refractivity contribution in [2.75, 3.05) is 0 Å². The van der Waals surface area contributed by atoms with Crippen molar-refractivity contribution in [2.45, 2.75) is 56.0 Å². The smallest absolute Gasteiger partial charge is 1.00 e. The molecule has 17 heavy (non-hydrogen) atoms. The molecule has 0 nitrogen and oxygen atoms in total. The van der Waals surface area contributed by atoms with Crippen LogP contribution < -0.4 is 4.70 Å². The summed E-state index contributed by atoms with van der Waals surface area (Å²) in [5.74, 6) is 0. The SMILES string of the molecule is CCCCCCC[CH2][Al+][CH2]c1ccccc1.[F-]. The number of unbranched alkanes of at least 4 members (excludes halogenated alkanes) is 5. The Morgan fingerprint density at radius 1 is 0.882 bits per heavy atom. The molecule has 0 heterocycles. The van der Waals surface area contributed by atoms with E-state index in [1.54, 1.807) is 0 Å². The molecule has 0 amide bonds. The van der Waals surface area contributed by atoms with Crippen LogP contribution in [0, 0.1) is 0 Å². The van der Waals surface area contributed by atoms with E-state index in [9.17, 15) is 0 Å². The van der Waals surface area contributed by atoms with E-state index in [0.717, 1.165) is 0 Å². The van der Waals surface area contributed by atoms with E-state index in [0.29, 0.717) is 15.2 Å². The van der Waals surface area contributed by atoms with Gasteiger partial charge in [-0.25, -0.2) is 0 Å². The molecular weight excluding hydrogens is 226 g/mol. The summed E-state index contributed by atoms with van der Waals surface area (Å²) >= 11 is 0.648. The molecule has 1 rings (SSSR count). The number of halogens is 1. The van der Waals surface area contributed by atoms with Crippen molar-refractivity contribution in [3.8, 4) is 0 Å². The summed E-state index contributed by atoms with van der Waals surface area (Å²) in [7, 11) is 0. The maximum Gasteiger partial charge on any atom is -1.00 e. The Hall–Kier alpha value is -0.318. The van der Waals surface area contributed by atoms with Crippen molar-refractivity contribution in [2.24, 2.45) is 0 Å². The zero-order valence-corrected chi connectivity index (χ0v) is 12.2. The van der Waals surface area contributed by atoms with Gasteiger partial charge in [0, 0.05) is 0 Å². The third-order valence-corrected chi connectivity index (χ3v) is 4.56. The molecule has 0 aliphatic carbocycles. The van der Waals surface area contributed by atoms with Crippen molar-refractivity contribution in [1.29, 1.82) is 0 Å². The number of hydrogen-bond donors (Lipinski definition) is 0. The molecule has 0 saturated carbocycles. The Balaban J connectivity index is 0.00000256. The fourth-order valence-corrected chi connectivity index (χ4v) is 3.34. The first kappa shape index (κ1) is 16.7. The molecule has 1 aromatic rings. The molecule has 0 saturated heterocycles. The largest absolute Gasteiger partial charge is 1.00 e. The minimum absolute atomic E-state index is 0. The van der Waals surface area contributed by atoms with Gasteiger partial charge in [0.15, 0.2) is 0 Å². The molecule has 0 aliphatic rings. The summed E-state index contributed by atoms with van der Waals surface area (Å²) in [6.45, 7) is 2.28. The monoisotopic (exact) mass is 250 g/mol. The fourth-order valence-electron chi connectivity index (χ4n) is 1.95. The van der Waals surface area contributed by atoms with E-state index in [-0.39, 0.29) is 4.70 Å². The summed E-state index contributed by atoms with van der Waals surface area (Å²) in [5.41, 5.74) is 1.53.